The summed E-state index contributed by atoms with van der Waals surface area (Å²) >= 11 is 0. The van der Waals surface area contributed by atoms with Gasteiger partial charge in [0.2, 0.25) is 10.0 Å². The zero-order valence-corrected chi connectivity index (χ0v) is 12.7. The lowest BCUT2D eigenvalue weighted by Gasteiger charge is -2.34. The second-order valence-electron chi connectivity index (χ2n) is 5.08. The van der Waals surface area contributed by atoms with Crippen LogP contribution in [0.2, 0.25) is 0 Å². The van der Waals surface area contributed by atoms with Gasteiger partial charge in [0.05, 0.1) is 10.5 Å². The van der Waals surface area contributed by atoms with Crippen LogP contribution in [0, 0.1) is 5.82 Å². The van der Waals surface area contributed by atoms with Gasteiger partial charge in [0.1, 0.15) is 5.82 Å². The van der Waals surface area contributed by atoms with Crippen LogP contribution in [0.25, 0.3) is 0 Å². The van der Waals surface area contributed by atoms with Gasteiger partial charge in [0.25, 0.3) is 0 Å². The number of carboxylic acid groups (broad SMARTS) is 1. The van der Waals surface area contributed by atoms with E-state index in [9.17, 15) is 17.6 Å². The van der Waals surface area contributed by atoms with Crippen molar-refractivity contribution < 1.29 is 22.7 Å². The molecule has 5 nitrogen and oxygen atoms in total. The second kappa shape index (κ2) is 5.49. The van der Waals surface area contributed by atoms with Crippen molar-refractivity contribution in [2.75, 3.05) is 7.05 Å². The number of nitrogens with zero attached hydrogens (tertiary/aromatic N) is 1. The summed E-state index contributed by atoms with van der Waals surface area (Å²) in [7, 11) is -2.74. The molecule has 0 bridgehead atoms. The van der Waals surface area contributed by atoms with E-state index in [0.29, 0.717) is 6.42 Å². The minimum atomic E-state index is -4.09. The van der Waals surface area contributed by atoms with Crippen LogP contribution in [0.4, 0.5) is 4.39 Å². The lowest BCUT2D eigenvalue weighted by atomic mass is 10.0. The molecule has 0 radical (unpaired) electrons. The average Bonchev–Trinajstić information content (AvgIpc) is 2.37. The Bertz CT molecular complexity index is 625. The molecule has 0 aliphatic heterocycles. The molecule has 0 amide bonds. The molecule has 20 heavy (non-hydrogen) atoms. The molecule has 1 aromatic rings. The maximum atomic E-state index is 13.3. The molecule has 0 saturated heterocycles. The number of halogens is 1. The summed E-state index contributed by atoms with van der Waals surface area (Å²) in [5.41, 5.74) is -1.15. The van der Waals surface area contributed by atoms with E-state index in [2.05, 4.69) is 0 Å². The van der Waals surface area contributed by atoms with Gasteiger partial charge in [0, 0.05) is 12.6 Å². The molecule has 112 valence electrons. The molecule has 0 spiro atoms. The highest BCUT2D eigenvalue weighted by Crippen LogP contribution is 2.27. The third kappa shape index (κ3) is 2.99. The molecule has 0 heterocycles. The SMILES string of the molecule is CCC(C)(C)N(C)S(=O)(=O)c1cc(F)ccc1C(=O)O. The molecule has 1 N–H and O–H groups in total. The zero-order chi connectivity index (χ0) is 15.7. The van der Waals surface area contributed by atoms with Crippen molar-refractivity contribution in [1.29, 1.82) is 0 Å². The number of benzene rings is 1. The van der Waals surface area contributed by atoms with Crippen molar-refractivity contribution in [3.63, 3.8) is 0 Å². The number of carbonyl (C=O) groups is 1. The summed E-state index contributed by atoms with van der Waals surface area (Å²) < 4.78 is 39.4. The Morgan fingerprint density at radius 1 is 1.40 bits per heavy atom. The molecule has 0 atom stereocenters. The fraction of sp³-hybridized carbons (Fsp3) is 0.462. The third-order valence-electron chi connectivity index (χ3n) is 3.53. The maximum Gasteiger partial charge on any atom is 0.337 e. The van der Waals surface area contributed by atoms with Crippen LogP contribution in [0.1, 0.15) is 37.6 Å². The van der Waals surface area contributed by atoms with Crippen molar-refractivity contribution in [2.45, 2.75) is 37.6 Å². The van der Waals surface area contributed by atoms with Crippen LogP contribution < -0.4 is 0 Å². The molecular formula is C13H18FNO4S. The van der Waals surface area contributed by atoms with Crippen molar-refractivity contribution in [3.05, 3.63) is 29.6 Å². The summed E-state index contributed by atoms with van der Waals surface area (Å²) in [6.45, 7) is 5.24. The largest absolute Gasteiger partial charge is 0.478 e. The normalized spacial score (nSPS) is 12.7. The first-order chi connectivity index (χ1) is 9.04. The Morgan fingerprint density at radius 3 is 2.40 bits per heavy atom. The first kappa shape index (κ1) is 16.6. The van der Waals surface area contributed by atoms with Crippen LogP contribution in [0.15, 0.2) is 23.1 Å². The predicted octanol–water partition coefficient (Wildman–Crippen LogP) is 2.33. The van der Waals surface area contributed by atoms with Crippen LogP contribution in [-0.4, -0.2) is 36.4 Å². The van der Waals surface area contributed by atoms with Gasteiger partial charge in [-0.05, 0) is 38.5 Å². The smallest absolute Gasteiger partial charge is 0.337 e. The summed E-state index contributed by atoms with van der Waals surface area (Å²) in [6.07, 6.45) is 0.528. The number of aromatic carboxylic acids is 1. The van der Waals surface area contributed by atoms with E-state index in [1.165, 1.54) is 7.05 Å². The van der Waals surface area contributed by atoms with Crippen molar-refractivity contribution >= 4 is 16.0 Å². The quantitative estimate of drug-likeness (QED) is 0.906. The Hall–Kier alpha value is -1.47. The summed E-state index contributed by atoms with van der Waals surface area (Å²) in [5.74, 6) is -2.21. The second-order valence-corrected chi connectivity index (χ2v) is 7.02. The summed E-state index contributed by atoms with van der Waals surface area (Å²) in [4.78, 5) is 10.6. The molecule has 0 aliphatic rings. The van der Waals surface area contributed by atoms with Crippen LogP contribution >= 0.6 is 0 Å². The topological polar surface area (TPSA) is 74.7 Å². The fourth-order valence-electron chi connectivity index (χ4n) is 1.58. The molecular weight excluding hydrogens is 285 g/mol. The van der Waals surface area contributed by atoms with E-state index >= 15 is 0 Å². The zero-order valence-electron chi connectivity index (χ0n) is 11.8. The van der Waals surface area contributed by atoms with Gasteiger partial charge in [-0.1, -0.05) is 6.92 Å². The van der Waals surface area contributed by atoms with Crippen molar-refractivity contribution in [1.82, 2.24) is 4.31 Å². The van der Waals surface area contributed by atoms with E-state index in [4.69, 9.17) is 5.11 Å². The Morgan fingerprint density at radius 2 is 1.95 bits per heavy atom. The molecule has 1 rings (SSSR count). The van der Waals surface area contributed by atoms with Crippen molar-refractivity contribution in [3.8, 4) is 0 Å². The van der Waals surface area contributed by atoms with E-state index in [1.54, 1.807) is 13.8 Å². The lowest BCUT2D eigenvalue weighted by Crippen LogP contribution is -2.44. The number of hydrogen-bond acceptors (Lipinski definition) is 3. The number of sulfonamides is 1. The Balaban J connectivity index is 3.50. The minimum Gasteiger partial charge on any atom is -0.478 e. The van der Waals surface area contributed by atoms with Crippen LogP contribution in [0.5, 0.6) is 0 Å². The van der Waals surface area contributed by atoms with E-state index in [1.807, 2.05) is 6.92 Å². The van der Waals surface area contributed by atoms with Gasteiger partial charge in [-0.25, -0.2) is 17.6 Å². The summed E-state index contributed by atoms with van der Waals surface area (Å²) in [5, 5.41) is 9.06. The van der Waals surface area contributed by atoms with Gasteiger partial charge in [-0.15, -0.1) is 0 Å². The number of rotatable bonds is 5. The minimum absolute atomic E-state index is 0.440. The van der Waals surface area contributed by atoms with E-state index < -0.39 is 37.8 Å². The fourth-order valence-corrected chi connectivity index (χ4v) is 3.35. The van der Waals surface area contributed by atoms with Gasteiger partial charge < -0.3 is 5.11 Å². The van der Waals surface area contributed by atoms with E-state index in [0.717, 1.165) is 22.5 Å². The average molecular weight is 303 g/mol. The molecule has 0 aliphatic carbocycles. The standard InChI is InChI=1S/C13H18FNO4S/c1-5-13(2,3)15(4)20(18,19)11-8-9(14)6-7-10(11)12(16)17/h6-8H,5H2,1-4H3,(H,16,17). The monoisotopic (exact) mass is 303 g/mol. The Labute approximate surface area is 118 Å². The molecule has 0 unspecified atom stereocenters. The highest BCUT2D eigenvalue weighted by molar-refractivity contribution is 7.89. The lowest BCUT2D eigenvalue weighted by molar-refractivity contribution is 0.0692. The maximum absolute atomic E-state index is 13.3. The molecule has 0 fully saturated rings. The van der Waals surface area contributed by atoms with E-state index in [-0.39, 0.29) is 0 Å². The highest BCUT2D eigenvalue weighted by atomic mass is 32.2. The highest BCUT2D eigenvalue weighted by Gasteiger charge is 2.35. The van der Waals surface area contributed by atoms with Gasteiger partial charge in [0.15, 0.2) is 0 Å². The van der Waals surface area contributed by atoms with Crippen LogP contribution in [-0.2, 0) is 10.0 Å². The first-order valence-corrected chi connectivity index (χ1v) is 7.50. The number of carboxylic acids is 1. The molecule has 0 saturated carbocycles. The third-order valence-corrected chi connectivity index (χ3v) is 5.64. The first-order valence-electron chi connectivity index (χ1n) is 6.06. The molecule has 1 aromatic carbocycles. The summed E-state index contributed by atoms with van der Waals surface area (Å²) in [6, 6.07) is 2.62. The van der Waals surface area contributed by atoms with Gasteiger partial charge >= 0.3 is 5.97 Å². The van der Waals surface area contributed by atoms with Crippen molar-refractivity contribution in [2.24, 2.45) is 0 Å². The predicted molar refractivity (Wildman–Crippen MR) is 72.7 cm³/mol. The molecule has 0 aromatic heterocycles. The van der Waals surface area contributed by atoms with Gasteiger partial charge in [-0.3, -0.25) is 0 Å². The number of hydrogen-bond donors (Lipinski definition) is 1. The Kier molecular flexibility index (Phi) is 4.55. The van der Waals surface area contributed by atoms with Gasteiger partial charge in [-0.2, -0.15) is 4.31 Å². The van der Waals surface area contributed by atoms with Crippen LogP contribution in [0.3, 0.4) is 0 Å². The molecule has 7 heteroatoms.